The molecule has 0 saturated carbocycles. The monoisotopic (exact) mass is 491 g/mol. The third kappa shape index (κ3) is 3.58. The Morgan fingerprint density at radius 1 is 0.886 bits per heavy atom. The lowest BCUT2D eigenvalue weighted by molar-refractivity contribution is -0.289. The second kappa shape index (κ2) is 8.83. The fourth-order valence-electron chi connectivity index (χ4n) is 5.16. The van der Waals surface area contributed by atoms with Crippen LogP contribution in [0.3, 0.4) is 0 Å². The van der Waals surface area contributed by atoms with E-state index >= 15 is 0 Å². The average molecular weight is 492 g/mol. The van der Waals surface area contributed by atoms with Gasteiger partial charge in [-0.1, -0.05) is 81.4 Å². The molecule has 9 heteroatoms. The van der Waals surface area contributed by atoms with Gasteiger partial charge < -0.3 is 20.4 Å². The van der Waals surface area contributed by atoms with Crippen molar-refractivity contribution < 1.29 is 14.6 Å². The summed E-state index contributed by atoms with van der Waals surface area (Å²) >= 11 is 0. The van der Waals surface area contributed by atoms with Crippen LogP contribution in [0.25, 0.3) is 11.2 Å². The molecule has 2 heterocycles. The Hall–Kier alpha value is -3.11. The van der Waals surface area contributed by atoms with Crippen LogP contribution >= 0.6 is 0 Å². The minimum Gasteiger partial charge on any atom is -0.425 e. The molecule has 0 radical (unpaired) electrons. The van der Waals surface area contributed by atoms with Crippen molar-refractivity contribution in [2.24, 2.45) is 5.41 Å². The number of fused-ring (bicyclic) bond motifs is 1. The summed E-state index contributed by atoms with van der Waals surface area (Å²) in [6.07, 6.45) is 2.89. The van der Waals surface area contributed by atoms with Crippen LogP contribution in [0.15, 0.2) is 73.3 Å². The molecule has 4 aromatic rings. The Balaban J connectivity index is 2.17. The molecule has 2 aromatic heterocycles. The Labute approximate surface area is 208 Å². The lowest BCUT2D eigenvalue weighted by atomic mass is 9.54. The van der Waals surface area contributed by atoms with Crippen molar-refractivity contribution in [1.82, 2.24) is 19.5 Å². The number of hydrogen-bond donors (Lipinski definition) is 3. The quantitative estimate of drug-likeness (QED) is 0.268. The number of nitrogen functional groups attached to an aromatic ring is 1. The van der Waals surface area contributed by atoms with Gasteiger partial charge in [0.1, 0.15) is 27.9 Å². The molecule has 4 N–H and O–H groups in total. The first-order valence-corrected chi connectivity index (χ1v) is 12.3. The molecule has 4 rings (SSSR count). The normalized spacial score (nSPS) is 16.2. The van der Waals surface area contributed by atoms with Crippen molar-refractivity contribution in [3.8, 4) is 0 Å². The number of imidazole rings is 1. The van der Waals surface area contributed by atoms with Crippen LogP contribution in [0.2, 0.25) is 0 Å². The summed E-state index contributed by atoms with van der Waals surface area (Å²) in [5.41, 5.74) is 4.97. The number of nitrogens with two attached hydrogens (primary N) is 1. The first-order chi connectivity index (χ1) is 16.5. The molecule has 184 valence electrons. The zero-order valence-corrected chi connectivity index (χ0v) is 22.8. The van der Waals surface area contributed by atoms with E-state index in [4.69, 9.17) is 10.2 Å². The summed E-state index contributed by atoms with van der Waals surface area (Å²) in [6, 6.07) is 18.9. The van der Waals surface area contributed by atoms with E-state index in [0.717, 1.165) is 5.56 Å². The number of benzene rings is 2. The molecule has 0 aliphatic heterocycles. The van der Waals surface area contributed by atoms with Gasteiger partial charge in [-0.2, -0.15) is 0 Å². The molecule has 0 spiro atoms. The summed E-state index contributed by atoms with van der Waals surface area (Å²) in [4.78, 5) is 13.0. The Bertz CT molecular complexity index is 1310. The molecule has 0 bridgehead atoms. The number of rotatable bonds is 7. The second-order valence-corrected chi connectivity index (χ2v) is 10.7. The standard InChI is InChI=1S/C26H33N5O3Si/c1-23(2,3)24(4,18-11-7-5-8-12-18)26(32,33)25(15-34-35,19-13-9-6-10-14-19)31-17-30-20-21(27)28-16-29-22(20)31/h5-14,16-17,32-33H,15H2,1-4,35H3,(H2,27,28,29). The number of aromatic nitrogens is 4. The van der Waals surface area contributed by atoms with Crippen LogP contribution in [0, 0.1) is 5.41 Å². The topological polar surface area (TPSA) is 119 Å². The first-order valence-electron chi connectivity index (χ1n) is 11.5. The third-order valence-corrected chi connectivity index (χ3v) is 7.79. The van der Waals surface area contributed by atoms with E-state index in [-0.39, 0.29) is 12.4 Å². The summed E-state index contributed by atoms with van der Waals surface area (Å²) in [5, 5.41) is 25.4. The summed E-state index contributed by atoms with van der Waals surface area (Å²) in [5.74, 6) is -2.19. The average Bonchev–Trinajstić information content (AvgIpc) is 3.28. The van der Waals surface area contributed by atoms with Crippen LogP contribution in [-0.2, 0) is 15.4 Å². The second-order valence-electron chi connectivity index (χ2n) is 10.1. The van der Waals surface area contributed by atoms with Crippen LogP contribution in [-0.4, -0.2) is 52.6 Å². The molecule has 8 nitrogen and oxygen atoms in total. The van der Waals surface area contributed by atoms with Crippen molar-refractivity contribution in [3.05, 3.63) is 84.4 Å². The van der Waals surface area contributed by atoms with Gasteiger partial charge in [-0.05, 0) is 23.5 Å². The molecular formula is C26H33N5O3Si. The predicted molar refractivity (Wildman–Crippen MR) is 140 cm³/mol. The van der Waals surface area contributed by atoms with Crippen molar-refractivity contribution in [2.45, 2.75) is 44.4 Å². The maximum absolute atomic E-state index is 12.7. The molecule has 2 aromatic carbocycles. The minimum atomic E-state index is -2.40. The van der Waals surface area contributed by atoms with Gasteiger partial charge in [-0.3, -0.25) is 4.57 Å². The van der Waals surface area contributed by atoms with Crippen LogP contribution in [0.5, 0.6) is 0 Å². The number of hydrogen-bond acceptors (Lipinski definition) is 7. The Morgan fingerprint density at radius 2 is 1.46 bits per heavy atom. The zero-order valence-electron chi connectivity index (χ0n) is 20.8. The van der Waals surface area contributed by atoms with E-state index in [1.165, 1.54) is 6.33 Å². The Morgan fingerprint density at radius 3 is 2.00 bits per heavy atom. The van der Waals surface area contributed by atoms with Crippen molar-refractivity contribution in [2.75, 3.05) is 12.3 Å². The highest BCUT2D eigenvalue weighted by atomic mass is 28.2. The van der Waals surface area contributed by atoms with Gasteiger partial charge in [0.05, 0.1) is 18.3 Å². The summed E-state index contributed by atoms with van der Waals surface area (Å²) in [7, 11) is 0.376. The van der Waals surface area contributed by atoms with Gasteiger partial charge >= 0.3 is 0 Å². The lowest BCUT2D eigenvalue weighted by Gasteiger charge is -2.58. The first kappa shape index (κ1) is 25.0. The summed E-state index contributed by atoms with van der Waals surface area (Å²) in [6.45, 7) is 7.87. The highest BCUT2D eigenvalue weighted by Crippen LogP contribution is 2.55. The number of nitrogens with zero attached hydrogens (tertiary/aromatic N) is 4. The maximum atomic E-state index is 12.7. The van der Waals surface area contributed by atoms with E-state index in [2.05, 4.69) is 15.0 Å². The van der Waals surface area contributed by atoms with E-state index in [9.17, 15) is 10.2 Å². The predicted octanol–water partition coefficient (Wildman–Crippen LogP) is 2.13. The number of anilines is 1. The largest absolute Gasteiger partial charge is 0.425 e. The van der Waals surface area contributed by atoms with Crippen LogP contribution in [0.1, 0.15) is 38.8 Å². The molecule has 0 aliphatic rings. The van der Waals surface area contributed by atoms with Crippen molar-refractivity contribution in [3.63, 3.8) is 0 Å². The SMILES string of the molecule is CC(C)(C)C(C)(c1ccccc1)C(O)(O)C(CO[SiH3])(c1ccccc1)n1cnc2c(N)ncnc21. The molecule has 0 amide bonds. The third-order valence-electron chi connectivity index (χ3n) is 7.50. The van der Waals surface area contributed by atoms with E-state index in [1.54, 1.807) is 10.9 Å². The van der Waals surface area contributed by atoms with Gasteiger partial charge in [0.2, 0.25) is 5.79 Å². The van der Waals surface area contributed by atoms with Crippen molar-refractivity contribution >= 4 is 27.5 Å². The molecule has 35 heavy (non-hydrogen) atoms. The van der Waals surface area contributed by atoms with Gasteiger partial charge in [-0.15, -0.1) is 0 Å². The molecule has 0 fully saturated rings. The van der Waals surface area contributed by atoms with E-state index in [1.807, 2.05) is 88.4 Å². The van der Waals surface area contributed by atoms with Gasteiger partial charge in [-0.25, -0.2) is 15.0 Å². The van der Waals surface area contributed by atoms with Crippen molar-refractivity contribution in [1.29, 1.82) is 0 Å². The maximum Gasteiger partial charge on any atom is 0.203 e. The summed E-state index contributed by atoms with van der Waals surface area (Å²) < 4.78 is 7.57. The van der Waals surface area contributed by atoms with Gasteiger partial charge in [0, 0.05) is 0 Å². The van der Waals surface area contributed by atoms with Crippen LogP contribution in [0.4, 0.5) is 5.82 Å². The highest BCUT2D eigenvalue weighted by molar-refractivity contribution is 5.98. The minimum absolute atomic E-state index is 0.0237. The fourth-order valence-corrected chi connectivity index (χ4v) is 5.58. The lowest BCUT2D eigenvalue weighted by Crippen LogP contribution is -2.71. The van der Waals surface area contributed by atoms with Gasteiger partial charge in [0.25, 0.3) is 0 Å². The van der Waals surface area contributed by atoms with E-state index in [0.29, 0.717) is 27.2 Å². The Kier molecular flexibility index (Phi) is 6.31. The molecule has 0 saturated heterocycles. The van der Waals surface area contributed by atoms with Gasteiger partial charge in [0.15, 0.2) is 11.5 Å². The molecule has 0 aliphatic carbocycles. The highest BCUT2D eigenvalue weighted by Gasteiger charge is 2.66. The van der Waals surface area contributed by atoms with E-state index < -0.39 is 22.2 Å². The van der Waals surface area contributed by atoms with Crippen LogP contribution < -0.4 is 5.73 Å². The fraction of sp³-hybridized carbons (Fsp3) is 0.346. The molecular weight excluding hydrogens is 458 g/mol. The zero-order chi connectivity index (χ0) is 25.5. The number of aliphatic hydroxyl groups is 2. The molecule has 2 unspecified atom stereocenters. The smallest absolute Gasteiger partial charge is 0.203 e. The molecule has 2 atom stereocenters.